The van der Waals surface area contributed by atoms with Crippen LogP contribution >= 0.6 is 0 Å². The summed E-state index contributed by atoms with van der Waals surface area (Å²) >= 11 is 0. The molecule has 9 heteroatoms. The van der Waals surface area contributed by atoms with Crippen LogP contribution in [-0.2, 0) is 26.3 Å². The van der Waals surface area contributed by atoms with Crippen molar-refractivity contribution in [3.8, 4) is 0 Å². The number of hydrogen-bond acceptors (Lipinski definition) is 4. The molecule has 0 aliphatic carbocycles. The molecule has 2 aromatic rings. The number of aryl methyl sites for hydroxylation is 1. The van der Waals surface area contributed by atoms with Crippen molar-refractivity contribution in [2.45, 2.75) is 52.7 Å². The van der Waals surface area contributed by atoms with Crippen LogP contribution in [0.1, 0.15) is 38.3 Å². The normalized spacial score (nSPS) is 13.3. The van der Waals surface area contributed by atoms with Gasteiger partial charge in [0.1, 0.15) is 12.6 Å². The van der Waals surface area contributed by atoms with Crippen molar-refractivity contribution in [1.82, 2.24) is 14.5 Å². The van der Waals surface area contributed by atoms with Crippen LogP contribution < -0.4 is 9.62 Å². The SMILES string of the molecule is CC[C@@H](C)NC(=O)[C@H](C)N(Cc1cccc(C)c1)C(=O)CN(c1ccccc1)S(=O)(=O)N(C)C. The van der Waals surface area contributed by atoms with Gasteiger partial charge < -0.3 is 10.2 Å². The quantitative estimate of drug-likeness (QED) is 0.527. The maximum absolute atomic E-state index is 13.6. The monoisotopic (exact) mass is 488 g/mol. The van der Waals surface area contributed by atoms with Crippen LogP contribution in [-0.4, -0.2) is 62.2 Å². The Kier molecular flexibility index (Phi) is 9.64. The third kappa shape index (κ3) is 7.04. The molecule has 34 heavy (non-hydrogen) atoms. The molecule has 2 atom stereocenters. The predicted molar refractivity (Wildman–Crippen MR) is 135 cm³/mol. The molecule has 0 aromatic heterocycles. The molecular formula is C25H36N4O4S. The molecule has 0 fully saturated rings. The molecular weight excluding hydrogens is 452 g/mol. The summed E-state index contributed by atoms with van der Waals surface area (Å²) in [4.78, 5) is 28.0. The van der Waals surface area contributed by atoms with E-state index >= 15 is 0 Å². The van der Waals surface area contributed by atoms with E-state index in [1.165, 1.54) is 19.0 Å². The molecule has 0 spiro atoms. The second kappa shape index (κ2) is 12.0. The van der Waals surface area contributed by atoms with Gasteiger partial charge in [-0.3, -0.25) is 9.59 Å². The summed E-state index contributed by atoms with van der Waals surface area (Å²) in [6.07, 6.45) is 0.757. The lowest BCUT2D eigenvalue weighted by atomic mass is 10.1. The highest BCUT2D eigenvalue weighted by Gasteiger charge is 2.32. The van der Waals surface area contributed by atoms with E-state index in [0.717, 1.165) is 26.2 Å². The minimum atomic E-state index is -3.95. The molecule has 1 N–H and O–H groups in total. The smallest absolute Gasteiger partial charge is 0.304 e. The first-order chi connectivity index (χ1) is 16.0. The van der Waals surface area contributed by atoms with E-state index in [1.807, 2.05) is 45.0 Å². The third-order valence-corrected chi connectivity index (χ3v) is 7.49. The Balaban J connectivity index is 2.42. The van der Waals surface area contributed by atoms with Gasteiger partial charge in [0.15, 0.2) is 0 Å². The highest BCUT2D eigenvalue weighted by atomic mass is 32.2. The van der Waals surface area contributed by atoms with Gasteiger partial charge in [-0.2, -0.15) is 12.7 Å². The fraction of sp³-hybridized carbons (Fsp3) is 0.440. The minimum Gasteiger partial charge on any atom is -0.352 e. The van der Waals surface area contributed by atoms with Gasteiger partial charge in [-0.15, -0.1) is 0 Å². The predicted octanol–water partition coefficient (Wildman–Crippen LogP) is 2.94. The molecule has 2 amide bonds. The molecule has 2 aromatic carbocycles. The lowest BCUT2D eigenvalue weighted by Crippen LogP contribution is -2.53. The molecule has 0 saturated heterocycles. The average Bonchev–Trinajstić information content (AvgIpc) is 2.80. The van der Waals surface area contributed by atoms with E-state index in [-0.39, 0.29) is 18.5 Å². The van der Waals surface area contributed by atoms with Crippen LogP contribution in [0.5, 0.6) is 0 Å². The number of carbonyl (C=O) groups excluding carboxylic acids is 2. The summed E-state index contributed by atoms with van der Waals surface area (Å²) in [7, 11) is -1.11. The van der Waals surface area contributed by atoms with Gasteiger partial charge in [-0.05, 0) is 44.9 Å². The minimum absolute atomic E-state index is 0.0409. The van der Waals surface area contributed by atoms with E-state index in [9.17, 15) is 18.0 Å². The number of nitrogens with one attached hydrogen (secondary N) is 1. The van der Waals surface area contributed by atoms with Gasteiger partial charge in [0.2, 0.25) is 11.8 Å². The van der Waals surface area contributed by atoms with Crippen LogP contribution in [0, 0.1) is 6.92 Å². The van der Waals surface area contributed by atoms with Crippen molar-refractivity contribution >= 4 is 27.7 Å². The van der Waals surface area contributed by atoms with E-state index in [4.69, 9.17) is 0 Å². The summed E-state index contributed by atoms with van der Waals surface area (Å²) in [5, 5.41) is 2.92. The van der Waals surface area contributed by atoms with Crippen molar-refractivity contribution in [3.05, 3.63) is 65.7 Å². The number of nitrogens with zero attached hydrogens (tertiary/aromatic N) is 3. The molecule has 2 rings (SSSR count). The topological polar surface area (TPSA) is 90.0 Å². The van der Waals surface area contributed by atoms with Crippen molar-refractivity contribution in [2.24, 2.45) is 0 Å². The zero-order chi connectivity index (χ0) is 25.5. The molecule has 0 heterocycles. The molecule has 8 nitrogen and oxygen atoms in total. The Labute approximate surface area is 203 Å². The highest BCUT2D eigenvalue weighted by Crippen LogP contribution is 2.20. The second-order valence-electron chi connectivity index (χ2n) is 8.64. The number of carbonyl (C=O) groups is 2. The van der Waals surface area contributed by atoms with Gasteiger partial charge in [-0.25, -0.2) is 4.31 Å². The summed E-state index contributed by atoms with van der Waals surface area (Å²) < 4.78 is 28.3. The Morgan fingerprint density at radius 1 is 1.00 bits per heavy atom. The van der Waals surface area contributed by atoms with Gasteiger partial charge in [0.05, 0.1) is 5.69 Å². The van der Waals surface area contributed by atoms with Crippen molar-refractivity contribution < 1.29 is 18.0 Å². The molecule has 0 saturated carbocycles. The van der Waals surface area contributed by atoms with Gasteiger partial charge in [-0.1, -0.05) is 55.0 Å². The number of benzene rings is 2. The van der Waals surface area contributed by atoms with Crippen molar-refractivity contribution in [3.63, 3.8) is 0 Å². The molecule has 0 unspecified atom stereocenters. The maximum Gasteiger partial charge on any atom is 0.304 e. The van der Waals surface area contributed by atoms with Gasteiger partial charge in [0.25, 0.3) is 0 Å². The zero-order valence-electron chi connectivity index (χ0n) is 20.9. The van der Waals surface area contributed by atoms with Gasteiger partial charge >= 0.3 is 10.2 Å². The Morgan fingerprint density at radius 3 is 2.21 bits per heavy atom. The molecule has 0 aliphatic heterocycles. The molecule has 0 bridgehead atoms. The van der Waals surface area contributed by atoms with Crippen LogP contribution in [0.4, 0.5) is 5.69 Å². The van der Waals surface area contributed by atoms with Gasteiger partial charge in [0, 0.05) is 26.7 Å². The average molecular weight is 489 g/mol. The first-order valence-corrected chi connectivity index (χ1v) is 12.8. The highest BCUT2D eigenvalue weighted by molar-refractivity contribution is 7.90. The second-order valence-corrected chi connectivity index (χ2v) is 10.7. The number of rotatable bonds is 11. The van der Waals surface area contributed by atoms with E-state index < -0.39 is 28.7 Å². The Hall–Kier alpha value is -2.91. The first kappa shape index (κ1) is 27.3. The van der Waals surface area contributed by atoms with Crippen LogP contribution in [0.2, 0.25) is 0 Å². The summed E-state index contributed by atoms with van der Waals surface area (Å²) in [5.74, 6) is -0.750. The number of para-hydroxylation sites is 1. The van der Waals surface area contributed by atoms with E-state index in [2.05, 4.69) is 5.32 Å². The van der Waals surface area contributed by atoms with E-state index in [0.29, 0.717) is 5.69 Å². The van der Waals surface area contributed by atoms with E-state index in [1.54, 1.807) is 37.3 Å². The Morgan fingerprint density at radius 2 is 1.65 bits per heavy atom. The van der Waals surface area contributed by atoms with Crippen LogP contribution in [0.25, 0.3) is 0 Å². The number of anilines is 1. The fourth-order valence-electron chi connectivity index (χ4n) is 3.37. The lowest BCUT2D eigenvalue weighted by molar-refractivity contribution is -0.139. The number of amides is 2. The van der Waals surface area contributed by atoms with Crippen molar-refractivity contribution in [2.75, 3.05) is 24.9 Å². The lowest BCUT2D eigenvalue weighted by Gasteiger charge is -2.33. The zero-order valence-corrected chi connectivity index (χ0v) is 21.7. The Bertz CT molecular complexity index is 1070. The third-order valence-electron chi connectivity index (χ3n) is 5.67. The summed E-state index contributed by atoms with van der Waals surface area (Å²) in [5.41, 5.74) is 2.26. The standard InChI is InChI=1S/C25H36N4O4S/c1-7-20(3)26-25(31)21(4)28(17-22-13-11-12-19(2)16-22)24(30)18-29(34(32,33)27(5)6)23-14-9-8-10-15-23/h8-16,20-21H,7,17-18H2,1-6H3,(H,26,31)/t20-,21+/m1/s1. The fourth-order valence-corrected chi connectivity index (χ4v) is 4.42. The molecule has 186 valence electrons. The van der Waals surface area contributed by atoms with Crippen LogP contribution in [0.15, 0.2) is 54.6 Å². The molecule has 0 radical (unpaired) electrons. The van der Waals surface area contributed by atoms with Crippen molar-refractivity contribution in [1.29, 1.82) is 0 Å². The largest absolute Gasteiger partial charge is 0.352 e. The first-order valence-electron chi connectivity index (χ1n) is 11.4. The maximum atomic E-state index is 13.6. The molecule has 0 aliphatic rings. The summed E-state index contributed by atoms with van der Waals surface area (Å²) in [6, 6.07) is 15.3. The number of hydrogen-bond donors (Lipinski definition) is 1. The summed E-state index contributed by atoms with van der Waals surface area (Å²) in [6.45, 7) is 7.24. The van der Waals surface area contributed by atoms with Crippen LogP contribution in [0.3, 0.4) is 0 Å².